The number of aromatic nitrogens is 3. The summed E-state index contributed by atoms with van der Waals surface area (Å²) >= 11 is 0. The predicted molar refractivity (Wildman–Crippen MR) is 102 cm³/mol. The number of amides is 2. The summed E-state index contributed by atoms with van der Waals surface area (Å²) in [7, 11) is 0. The third-order valence-electron chi connectivity index (χ3n) is 4.70. The highest BCUT2D eigenvalue weighted by molar-refractivity contribution is 5.79. The standard InChI is InChI=1S/C19H21FN6O/c1-2-21-19(27)26-9-7-25(8-10-26)17-11-13(14(20)12-22-17)18-23-15-5-3-4-6-16(15)24-18/h3-6,11-12H,2,7-10H2,1H3,(H,21,27)(H,23,24). The van der Waals surface area contributed by atoms with Crippen molar-refractivity contribution in [1.82, 2.24) is 25.2 Å². The number of hydrogen-bond acceptors (Lipinski definition) is 4. The number of halogens is 1. The second kappa shape index (κ2) is 7.22. The van der Waals surface area contributed by atoms with Gasteiger partial charge in [-0.2, -0.15) is 0 Å². The fourth-order valence-electron chi connectivity index (χ4n) is 3.26. The van der Waals surface area contributed by atoms with Crippen molar-refractivity contribution >= 4 is 22.9 Å². The Morgan fingerprint density at radius 3 is 2.78 bits per heavy atom. The van der Waals surface area contributed by atoms with Crippen molar-refractivity contribution in [2.45, 2.75) is 6.92 Å². The number of H-pyrrole nitrogens is 1. The lowest BCUT2D eigenvalue weighted by atomic mass is 10.2. The van der Waals surface area contributed by atoms with Crippen LogP contribution in [0.2, 0.25) is 0 Å². The van der Waals surface area contributed by atoms with Crippen molar-refractivity contribution in [3.05, 3.63) is 42.3 Å². The third-order valence-corrected chi connectivity index (χ3v) is 4.70. The second-order valence-electron chi connectivity index (χ2n) is 6.43. The zero-order valence-corrected chi connectivity index (χ0v) is 15.1. The highest BCUT2D eigenvalue weighted by Crippen LogP contribution is 2.26. The maximum atomic E-state index is 14.4. The van der Waals surface area contributed by atoms with E-state index in [0.717, 1.165) is 11.0 Å². The average Bonchev–Trinajstić information content (AvgIpc) is 3.12. The first kappa shape index (κ1) is 17.3. The van der Waals surface area contributed by atoms with Crippen molar-refractivity contribution < 1.29 is 9.18 Å². The summed E-state index contributed by atoms with van der Waals surface area (Å²) in [5.74, 6) is 0.750. The Balaban J connectivity index is 1.55. The van der Waals surface area contributed by atoms with Gasteiger partial charge in [-0.3, -0.25) is 0 Å². The normalized spacial score (nSPS) is 14.6. The number of anilines is 1. The Labute approximate surface area is 156 Å². The monoisotopic (exact) mass is 368 g/mol. The number of piperazine rings is 1. The number of urea groups is 1. The third kappa shape index (κ3) is 3.42. The molecule has 3 aromatic rings. The number of fused-ring (bicyclic) bond motifs is 1. The van der Waals surface area contributed by atoms with Gasteiger partial charge >= 0.3 is 6.03 Å². The van der Waals surface area contributed by atoms with Gasteiger partial charge in [-0.25, -0.2) is 19.2 Å². The molecule has 27 heavy (non-hydrogen) atoms. The number of nitrogens with zero attached hydrogens (tertiary/aromatic N) is 4. The molecule has 1 aliphatic heterocycles. The smallest absolute Gasteiger partial charge is 0.317 e. The van der Waals surface area contributed by atoms with Gasteiger partial charge in [0.25, 0.3) is 0 Å². The van der Waals surface area contributed by atoms with Crippen LogP contribution in [-0.4, -0.2) is 58.6 Å². The van der Waals surface area contributed by atoms with E-state index < -0.39 is 5.82 Å². The van der Waals surface area contributed by atoms with Gasteiger partial charge in [0.2, 0.25) is 0 Å². The number of aromatic amines is 1. The molecule has 0 spiro atoms. The highest BCUT2D eigenvalue weighted by atomic mass is 19.1. The van der Waals surface area contributed by atoms with E-state index in [9.17, 15) is 9.18 Å². The highest BCUT2D eigenvalue weighted by Gasteiger charge is 2.22. The van der Waals surface area contributed by atoms with Crippen LogP contribution < -0.4 is 10.2 Å². The Morgan fingerprint density at radius 1 is 1.26 bits per heavy atom. The molecule has 0 atom stereocenters. The molecule has 0 aliphatic carbocycles. The number of carbonyl (C=O) groups is 1. The van der Waals surface area contributed by atoms with Gasteiger partial charge in [-0.15, -0.1) is 0 Å². The van der Waals surface area contributed by atoms with Crippen molar-refractivity contribution in [2.24, 2.45) is 0 Å². The summed E-state index contributed by atoms with van der Waals surface area (Å²) in [5, 5.41) is 2.81. The summed E-state index contributed by atoms with van der Waals surface area (Å²) in [4.78, 5) is 27.6. The number of carbonyl (C=O) groups excluding carboxylic acids is 1. The van der Waals surface area contributed by atoms with Crippen molar-refractivity contribution in [1.29, 1.82) is 0 Å². The average molecular weight is 368 g/mol. The van der Waals surface area contributed by atoms with Crippen molar-refractivity contribution in [3.63, 3.8) is 0 Å². The molecule has 2 aromatic heterocycles. The van der Waals surface area contributed by atoms with E-state index in [1.165, 1.54) is 6.20 Å². The molecule has 2 amide bonds. The Kier molecular flexibility index (Phi) is 4.62. The van der Waals surface area contributed by atoms with Crippen LogP contribution in [0.4, 0.5) is 15.0 Å². The van der Waals surface area contributed by atoms with Gasteiger partial charge in [0, 0.05) is 32.7 Å². The lowest BCUT2D eigenvalue weighted by Crippen LogP contribution is -2.52. The zero-order valence-electron chi connectivity index (χ0n) is 15.1. The molecule has 7 nitrogen and oxygen atoms in total. The molecule has 8 heteroatoms. The van der Waals surface area contributed by atoms with Crippen molar-refractivity contribution in [3.8, 4) is 11.4 Å². The van der Waals surface area contributed by atoms with Gasteiger partial charge in [0.15, 0.2) is 5.82 Å². The van der Waals surface area contributed by atoms with Crippen LogP contribution in [0, 0.1) is 5.82 Å². The summed E-state index contributed by atoms with van der Waals surface area (Å²) in [6.45, 7) is 5.01. The van der Waals surface area contributed by atoms with Crippen molar-refractivity contribution in [2.75, 3.05) is 37.6 Å². The van der Waals surface area contributed by atoms with E-state index in [2.05, 4.69) is 25.2 Å². The molecule has 1 saturated heterocycles. The van der Waals surface area contributed by atoms with Crippen LogP contribution in [0.1, 0.15) is 6.92 Å². The summed E-state index contributed by atoms with van der Waals surface area (Å²) in [6, 6.07) is 9.27. The lowest BCUT2D eigenvalue weighted by molar-refractivity contribution is 0.195. The van der Waals surface area contributed by atoms with Crippen LogP contribution in [-0.2, 0) is 0 Å². The first-order valence-electron chi connectivity index (χ1n) is 9.04. The van der Waals surface area contributed by atoms with E-state index in [1.807, 2.05) is 31.2 Å². The number of benzene rings is 1. The van der Waals surface area contributed by atoms with E-state index in [0.29, 0.717) is 49.9 Å². The zero-order chi connectivity index (χ0) is 18.8. The topological polar surface area (TPSA) is 77.2 Å². The van der Waals surface area contributed by atoms with Crippen LogP contribution in [0.5, 0.6) is 0 Å². The van der Waals surface area contributed by atoms with E-state index in [4.69, 9.17) is 0 Å². The minimum absolute atomic E-state index is 0.0489. The van der Waals surface area contributed by atoms with Gasteiger partial charge < -0.3 is 20.1 Å². The van der Waals surface area contributed by atoms with Gasteiger partial charge in [0.05, 0.1) is 22.8 Å². The van der Waals surface area contributed by atoms with E-state index in [1.54, 1.807) is 11.0 Å². The minimum atomic E-state index is -0.418. The van der Waals surface area contributed by atoms with E-state index >= 15 is 0 Å². The molecule has 0 bridgehead atoms. The molecule has 0 unspecified atom stereocenters. The number of hydrogen-bond donors (Lipinski definition) is 2. The SMILES string of the molecule is CCNC(=O)N1CCN(c2cc(-c3nc4ccccc4[nH]3)c(F)cn2)CC1. The van der Waals surface area contributed by atoms with Crippen LogP contribution >= 0.6 is 0 Å². The Hall–Kier alpha value is -3.16. The quantitative estimate of drug-likeness (QED) is 0.745. The summed E-state index contributed by atoms with van der Waals surface area (Å²) in [5.41, 5.74) is 2.05. The van der Waals surface area contributed by atoms with Gasteiger partial charge in [0.1, 0.15) is 11.6 Å². The first-order valence-corrected chi connectivity index (χ1v) is 9.04. The molecule has 1 aromatic carbocycles. The maximum absolute atomic E-state index is 14.4. The maximum Gasteiger partial charge on any atom is 0.317 e. The molecule has 3 heterocycles. The molecular weight excluding hydrogens is 347 g/mol. The number of para-hydroxylation sites is 2. The molecule has 0 saturated carbocycles. The Bertz CT molecular complexity index is 931. The molecular formula is C19H21FN6O. The molecule has 140 valence electrons. The number of imidazole rings is 1. The fraction of sp³-hybridized carbons (Fsp3) is 0.316. The van der Waals surface area contributed by atoms with Crippen LogP contribution in [0.25, 0.3) is 22.4 Å². The molecule has 1 fully saturated rings. The minimum Gasteiger partial charge on any atom is -0.353 e. The summed E-state index contributed by atoms with van der Waals surface area (Å²) < 4.78 is 14.4. The number of nitrogens with one attached hydrogen (secondary N) is 2. The largest absolute Gasteiger partial charge is 0.353 e. The van der Waals surface area contributed by atoms with Gasteiger partial charge in [-0.05, 0) is 25.1 Å². The summed E-state index contributed by atoms with van der Waals surface area (Å²) in [6.07, 6.45) is 1.23. The number of rotatable bonds is 3. The molecule has 1 aliphatic rings. The predicted octanol–water partition coefficient (Wildman–Crippen LogP) is 2.62. The van der Waals surface area contributed by atoms with Crippen LogP contribution in [0.15, 0.2) is 36.5 Å². The van der Waals surface area contributed by atoms with E-state index in [-0.39, 0.29) is 6.03 Å². The van der Waals surface area contributed by atoms with Crippen LogP contribution in [0.3, 0.4) is 0 Å². The van der Waals surface area contributed by atoms with Gasteiger partial charge in [-0.1, -0.05) is 12.1 Å². The first-order chi connectivity index (χ1) is 13.2. The Morgan fingerprint density at radius 2 is 2.04 bits per heavy atom. The number of pyridine rings is 1. The fourth-order valence-corrected chi connectivity index (χ4v) is 3.26. The molecule has 0 radical (unpaired) electrons. The molecule has 2 N–H and O–H groups in total. The molecule has 4 rings (SSSR count). The lowest BCUT2D eigenvalue weighted by Gasteiger charge is -2.35. The second-order valence-corrected chi connectivity index (χ2v) is 6.43.